The second-order valence-electron chi connectivity index (χ2n) is 7.00. The predicted octanol–water partition coefficient (Wildman–Crippen LogP) is 3.67. The lowest BCUT2D eigenvalue weighted by atomic mass is 9.84. The molecule has 2 nitrogen and oxygen atoms in total. The highest BCUT2D eigenvalue weighted by molar-refractivity contribution is 5.54. The van der Waals surface area contributed by atoms with Crippen LogP contribution in [0.3, 0.4) is 0 Å². The van der Waals surface area contributed by atoms with E-state index in [2.05, 4.69) is 42.3 Å². The van der Waals surface area contributed by atoms with Crippen LogP contribution in [0.1, 0.15) is 44.2 Å². The summed E-state index contributed by atoms with van der Waals surface area (Å²) >= 11 is 0. The zero-order valence-corrected chi connectivity index (χ0v) is 12.3. The molecule has 1 saturated heterocycles. The summed E-state index contributed by atoms with van der Waals surface area (Å²) in [6, 6.07) is 7.00. The SMILES string of the molecule is CC1(C)CCCN(Cc2ccc3c(c2)CCCN3)C1. The van der Waals surface area contributed by atoms with E-state index in [9.17, 15) is 0 Å². The first-order valence-electron chi connectivity index (χ1n) is 7.70. The van der Waals surface area contributed by atoms with Crippen molar-refractivity contribution in [2.75, 3.05) is 25.0 Å². The molecule has 0 unspecified atom stereocenters. The molecule has 1 aromatic carbocycles. The quantitative estimate of drug-likeness (QED) is 0.871. The Labute approximate surface area is 117 Å². The molecule has 0 atom stereocenters. The van der Waals surface area contributed by atoms with E-state index < -0.39 is 0 Å². The van der Waals surface area contributed by atoms with Gasteiger partial charge in [0.25, 0.3) is 0 Å². The standard InChI is InChI=1S/C17H26N2/c1-17(2)8-4-10-19(13-17)12-14-6-7-16-15(11-14)5-3-9-18-16/h6-7,11,18H,3-5,8-10,12-13H2,1-2H3. The van der Waals surface area contributed by atoms with Crippen LogP contribution in [0, 0.1) is 5.41 Å². The molecule has 0 spiro atoms. The number of hydrogen-bond donors (Lipinski definition) is 1. The molecule has 1 aromatic rings. The summed E-state index contributed by atoms with van der Waals surface area (Å²) in [4.78, 5) is 2.63. The van der Waals surface area contributed by atoms with E-state index in [-0.39, 0.29) is 0 Å². The van der Waals surface area contributed by atoms with Gasteiger partial charge in [0.15, 0.2) is 0 Å². The third kappa shape index (κ3) is 3.11. The molecule has 1 N–H and O–H groups in total. The number of nitrogens with zero attached hydrogens (tertiary/aromatic N) is 1. The van der Waals surface area contributed by atoms with Crippen LogP contribution in [-0.2, 0) is 13.0 Å². The van der Waals surface area contributed by atoms with Crippen LogP contribution in [0.5, 0.6) is 0 Å². The van der Waals surface area contributed by atoms with Crippen molar-refractivity contribution >= 4 is 5.69 Å². The highest BCUT2D eigenvalue weighted by Crippen LogP contribution is 2.30. The smallest absolute Gasteiger partial charge is 0.0372 e. The van der Waals surface area contributed by atoms with Gasteiger partial charge in [0.05, 0.1) is 0 Å². The summed E-state index contributed by atoms with van der Waals surface area (Å²) in [6.45, 7) is 9.55. The molecule has 0 aliphatic carbocycles. The normalized spacial score (nSPS) is 22.6. The van der Waals surface area contributed by atoms with E-state index in [1.807, 2.05) is 0 Å². The maximum atomic E-state index is 3.49. The van der Waals surface area contributed by atoms with Crippen molar-refractivity contribution in [3.05, 3.63) is 29.3 Å². The van der Waals surface area contributed by atoms with Crippen LogP contribution < -0.4 is 5.32 Å². The summed E-state index contributed by atoms with van der Waals surface area (Å²) in [5, 5.41) is 3.49. The van der Waals surface area contributed by atoms with Gasteiger partial charge in [-0.25, -0.2) is 0 Å². The molecule has 0 bridgehead atoms. The average Bonchev–Trinajstić information content (AvgIpc) is 2.37. The minimum absolute atomic E-state index is 0.494. The Morgan fingerprint density at radius 1 is 1.26 bits per heavy atom. The molecule has 0 radical (unpaired) electrons. The van der Waals surface area contributed by atoms with Gasteiger partial charge in [0, 0.05) is 25.3 Å². The number of anilines is 1. The van der Waals surface area contributed by atoms with Crippen LogP contribution in [0.2, 0.25) is 0 Å². The second-order valence-corrected chi connectivity index (χ2v) is 7.00. The molecule has 0 amide bonds. The van der Waals surface area contributed by atoms with Crippen LogP contribution in [-0.4, -0.2) is 24.5 Å². The van der Waals surface area contributed by atoms with Gasteiger partial charge < -0.3 is 5.32 Å². The van der Waals surface area contributed by atoms with E-state index in [0.29, 0.717) is 5.41 Å². The molecular formula is C17H26N2. The van der Waals surface area contributed by atoms with Crippen LogP contribution >= 0.6 is 0 Å². The summed E-state index contributed by atoms with van der Waals surface area (Å²) in [7, 11) is 0. The number of piperidine rings is 1. The number of benzene rings is 1. The van der Waals surface area contributed by atoms with E-state index >= 15 is 0 Å². The third-order valence-corrected chi connectivity index (χ3v) is 4.49. The monoisotopic (exact) mass is 258 g/mol. The minimum atomic E-state index is 0.494. The van der Waals surface area contributed by atoms with Crippen LogP contribution in [0.25, 0.3) is 0 Å². The zero-order valence-electron chi connectivity index (χ0n) is 12.3. The third-order valence-electron chi connectivity index (χ3n) is 4.49. The molecule has 1 fully saturated rings. The maximum Gasteiger partial charge on any atom is 0.0372 e. The molecular weight excluding hydrogens is 232 g/mol. The van der Waals surface area contributed by atoms with Crippen molar-refractivity contribution in [1.82, 2.24) is 4.90 Å². The summed E-state index contributed by atoms with van der Waals surface area (Å²) in [6.07, 6.45) is 5.23. The molecule has 2 heteroatoms. The highest BCUT2D eigenvalue weighted by atomic mass is 15.1. The first-order valence-corrected chi connectivity index (χ1v) is 7.70. The van der Waals surface area contributed by atoms with E-state index in [0.717, 1.165) is 13.1 Å². The Balaban J connectivity index is 1.69. The number of rotatable bonds is 2. The summed E-state index contributed by atoms with van der Waals surface area (Å²) in [5.41, 5.74) is 4.85. The molecule has 104 valence electrons. The van der Waals surface area contributed by atoms with Gasteiger partial charge >= 0.3 is 0 Å². The Morgan fingerprint density at radius 3 is 3.00 bits per heavy atom. The van der Waals surface area contributed by atoms with Crippen molar-refractivity contribution < 1.29 is 0 Å². The van der Waals surface area contributed by atoms with Gasteiger partial charge in [-0.05, 0) is 54.8 Å². The van der Waals surface area contributed by atoms with Gasteiger partial charge in [0.1, 0.15) is 0 Å². The lowest BCUT2D eigenvalue weighted by Crippen LogP contribution is -2.39. The van der Waals surface area contributed by atoms with Crippen LogP contribution in [0.15, 0.2) is 18.2 Å². The molecule has 0 aromatic heterocycles. The number of aryl methyl sites for hydroxylation is 1. The predicted molar refractivity (Wildman–Crippen MR) is 81.5 cm³/mol. The molecule has 2 aliphatic heterocycles. The fraction of sp³-hybridized carbons (Fsp3) is 0.647. The van der Waals surface area contributed by atoms with Crippen molar-refractivity contribution in [2.45, 2.75) is 46.1 Å². The Hall–Kier alpha value is -1.02. The van der Waals surface area contributed by atoms with Crippen molar-refractivity contribution in [2.24, 2.45) is 5.41 Å². The van der Waals surface area contributed by atoms with Crippen LogP contribution in [0.4, 0.5) is 5.69 Å². The molecule has 0 saturated carbocycles. The second kappa shape index (κ2) is 5.16. The molecule has 2 aliphatic rings. The minimum Gasteiger partial charge on any atom is -0.385 e. The first-order chi connectivity index (χ1) is 9.12. The van der Waals surface area contributed by atoms with Gasteiger partial charge in [-0.2, -0.15) is 0 Å². The molecule has 2 heterocycles. The van der Waals surface area contributed by atoms with Gasteiger partial charge in [-0.15, -0.1) is 0 Å². The van der Waals surface area contributed by atoms with E-state index in [1.165, 1.54) is 55.6 Å². The molecule has 19 heavy (non-hydrogen) atoms. The van der Waals surface area contributed by atoms with Gasteiger partial charge in [0.2, 0.25) is 0 Å². The number of hydrogen-bond acceptors (Lipinski definition) is 2. The Kier molecular flexibility index (Phi) is 3.53. The molecule has 3 rings (SSSR count). The number of nitrogens with one attached hydrogen (secondary N) is 1. The topological polar surface area (TPSA) is 15.3 Å². The summed E-state index contributed by atoms with van der Waals surface area (Å²) < 4.78 is 0. The number of fused-ring (bicyclic) bond motifs is 1. The highest BCUT2D eigenvalue weighted by Gasteiger charge is 2.26. The Bertz CT molecular complexity index is 451. The largest absolute Gasteiger partial charge is 0.385 e. The number of likely N-dealkylation sites (tertiary alicyclic amines) is 1. The van der Waals surface area contributed by atoms with E-state index in [4.69, 9.17) is 0 Å². The van der Waals surface area contributed by atoms with Gasteiger partial charge in [-0.3, -0.25) is 4.90 Å². The zero-order chi connectivity index (χ0) is 13.3. The summed E-state index contributed by atoms with van der Waals surface area (Å²) in [5.74, 6) is 0. The fourth-order valence-corrected chi connectivity index (χ4v) is 3.56. The average molecular weight is 258 g/mol. The van der Waals surface area contributed by atoms with Crippen molar-refractivity contribution in [1.29, 1.82) is 0 Å². The van der Waals surface area contributed by atoms with Crippen molar-refractivity contribution in [3.8, 4) is 0 Å². The van der Waals surface area contributed by atoms with E-state index in [1.54, 1.807) is 0 Å². The lowest BCUT2D eigenvalue weighted by molar-refractivity contribution is 0.111. The first kappa shape index (κ1) is 13.0. The fourth-order valence-electron chi connectivity index (χ4n) is 3.56. The maximum absolute atomic E-state index is 3.49. The lowest BCUT2D eigenvalue weighted by Gasteiger charge is -2.38. The Morgan fingerprint density at radius 2 is 2.16 bits per heavy atom. The van der Waals surface area contributed by atoms with Gasteiger partial charge in [-0.1, -0.05) is 26.0 Å². The van der Waals surface area contributed by atoms with Crippen molar-refractivity contribution in [3.63, 3.8) is 0 Å².